The minimum Gasteiger partial charge on any atom is -0.456 e. The zero-order valence-corrected chi connectivity index (χ0v) is 16.1. The van der Waals surface area contributed by atoms with Gasteiger partial charge in [-0.1, -0.05) is 30.0 Å². The summed E-state index contributed by atoms with van der Waals surface area (Å²) in [6, 6.07) is 9.36. The molecule has 142 valence electrons. The van der Waals surface area contributed by atoms with Gasteiger partial charge in [-0.2, -0.15) is 0 Å². The van der Waals surface area contributed by atoms with Crippen molar-refractivity contribution in [1.82, 2.24) is 0 Å². The maximum atomic E-state index is 12.5. The summed E-state index contributed by atoms with van der Waals surface area (Å²) in [5.74, 6) is 4.15. The predicted octanol–water partition coefficient (Wildman–Crippen LogP) is 3.22. The van der Waals surface area contributed by atoms with Crippen LogP contribution in [0.25, 0.3) is 0 Å². The van der Waals surface area contributed by atoms with Gasteiger partial charge in [0.05, 0.1) is 11.0 Å². The lowest BCUT2D eigenvalue weighted by Gasteiger charge is -2.29. The van der Waals surface area contributed by atoms with Crippen molar-refractivity contribution in [1.29, 1.82) is 0 Å². The number of carbonyl (C=O) groups excluding carboxylic acids is 3. The molecule has 0 aromatic heterocycles. The lowest BCUT2D eigenvalue weighted by atomic mass is 9.77. The fourth-order valence-corrected chi connectivity index (χ4v) is 2.57. The standard InChI is InChI=1S/C22H24O5/c1-21(2,3)27-19(24)17-15-22(4,13-12-18(17)23)20(25)26-14-8-11-16-9-6-5-7-10-16/h5-7,9-10,15H,12-14H2,1-4H3/t22-/m1/s1. The van der Waals surface area contributed by atoms with Crippen molar-refractivity contribution in [2.75, 3.05) is 6.61 Å². The number of carbonyl (C=O) groups is 3. The average molecular weight is 368 g/mol. The molecule has 5 nitrogen and oxygen atoms in total. The number of hydrogen-bond donors (Lipinski definition) is 0. The van der Waals surface area contributed by atoms with E-state index in [-0.39, 0.29) is 30.8 Å². The van der Waals surface area contributed by atoms with Gasteiger partial charge in [0.1, 0.15) is 5.60 Å². The number of benzene rings is 1. The molecule has 27 heavy (non-hydrogen) atoms. The first-order valence-corrected chi connectivity index (χ1v) is 8.81. The maximum absolute atomic E-state index is 12.5. The summed E-state index contributed by atoms with van der Waals surface area (Å²) in [4.78, 5) is 36.9. The minimum absolute atomic E-state index is 0.0626. The lowest BCUT2D eigenvalue weighted by Crippen LogP contribution is -2.36. The van der Waals surface area contributed by atoms with Gasteiger partial charge in [-0.3, -0.25) is 9.59 Å². The second kappa shape index (κ2) is 8.22. The Hall–Kier alpha value is -2.87. The Kier molecular flexibility index (Phi) is 6.22. The van der Waals surface area contributed by atoms with Crippen LogP contribution in [-0.4, -0.2) is 29.9 Å². The molecule has 1 aromatic rings. The van der Waals surface area contributed by atoms with E-state index in [1.165, 1.54) is 6.08 Å². The molecule has 0 saturated carbocycles. The van der Waals surface area contributed by atoms with E-state index in [0.717, 1.165) is 5.56 Å². The quantitative estimate of drug-likeness (QED) is 0.465. The van der Waals surface area contributed by atoms with E-state index in [1.54, 1.807) is 27.7 Å². The van der Waals surface area contributed by atoms with Crippen molar-refractivity contribution in [2.45, 2.75) is 46.1 Å². The van der Waals surface area contributed by atoms with Crippen LogP contribution in [0.2, 0.25) is 0 Å². The molecule has 0 radical (unpaired) electrons. The van der Waals surface area contributed by atoms with Crippen molar-refractivity contribution in [3.05, 3.63) is 47.5 Å². The predicted molar refractivity (Wildman–Crippen MR) is 101 cm³/mol. The average Bonchev–Trinajstić information content (AvgIpc) is 2.60. The van der Waals surface area contributed by atoms with E-state index in [9.17, 15) is 14.4 Å². The molecule has 5 heteroatoms. The molecule has 0 aliphatic heterocycles. The lowest BCUT2D eigenvalue weighted by molar-refractivity contribution is -0.152. The zero-order chi connectivity index (χ0) is 20.1. The van der Waals surface area contributed by atoms with Crippen molar-refractivity contribution in [3.63, 3.8) is 0 Å². The van der Waals surface area contributed by atoms with Crippen LogP contribution in [0.1, 0.15) is 46.1 Å². The molecule has 2 rings (SSSR count). The third kappa shape index (κ3) is 5.82. The third-order valence-corrected chi connectivity index (χ3v) is 4.00. The Labute approximate surface area is 159 Å². The summed E-state index contributed by atoms with van der Waals surface area (Å²) in [6.07, 6.45) is 1.75. The van der Waals surface area contributed by atoms with E-state index in [1.807, 2.05) is 30.3 Å². The summed E-state index contributed by atoms with van der Waals surface area (Å²) < 4.78 is 10.5. The minimum atomic E-state index is -1.06. The van der Waals surface area contributed by atoms with Gasteiger partial charge in [0, 0.05) is 12.0 Å². The Bertz CT molecular complexity index is 818. The van der Waals surface area contributed by atoms with Gasteiger partial charge < -0.3 is 9.47 Å². The Morgan fingerprint density at radius 1 is 1.19 bits per heavy atom. The van der Waals surface area contributed by atoms with E-state index in [4.69, 9.17) is 9.47 Å². The molecule has 0 unspecified atom stereocenters. The summed E-state index contributed by atoms with van der Waals surface area (Å²) in [7, 11) is 0. The highest BCUT2D eigenvalue weighted by Crippen LogP contribution is 2.34. The van der Waals surface area contributed by atoms with Crippen LogP contribution >= 0.6 is 0 Å². The van der Waals surface area contributed by atoms with Gasteiger partial charge in [0.15, 0.2) is 12.4 Å². The Morgan fingerprint density at radius 2 is 1.85 bits per heavy atom. The molecule has 0 N–H and O–H groups in total. The van der Waals surface area contributed by atoms with E-state index in [0.29, 0.717) is 0 Å². The van der Waals surface area contributed by atoms with Crippen molar-refractivity contribution >= 4 is 17.7 Å². The van der Waals surface area contributed by atoms with Crippen LogP contribution in [0.5, 0.6) is 0 Å². The molecule has 1 aliphatic rings. The van der Waals surface area contributed by atoms with Crippen LogP contribution in [0, 0.1) is 17.3 Å². The molecule has 0 bridgehead atoms. The van der Waals surface area contributed by atoms with Crippen molar-refractivity contribution < 1.29 is 23.9 Å². The molecular weight excluding hydrogens is 344 g/mol. The maximum Gasteiger partial charge on any atom is 0.341 e. The Balaban J connectivity index is 2.06. The Morgan fingerprint density at radius 3 is 2.48 bits per heavy atom. The summed E-state index contributed by atoms with van der Waals surface area (Å²) in [5, 5.41) is 0. The second-order valence-corrected chi connectivity index (χ2v) is 7.64. The molecule has 1 aliphatic carbocycles. The zero-order valence-electron chi connectivity index (χ0n) is 16.1. The number of ketones is 1. The van der Waals surface area contributed by atoms with Gasteiger partial charge in [-0.05, 0) is 52.3 Å². The van der Waals surface area contributed by atoms with E-state index >= 15 is 0 Å². The van der Waals surface area contributed by atoms with Crippen LogP contribution in [0.3, 0.4) is 0 Å². The fraction of sp³-hybridized carbons (Fsp3) is 0.409. The first kappa shape index (κ1) is 20.4. The van der Waals surface area contributed by atoms with Crippen molar-refractivity contribution in [3.8, 4) is 11.8 Å². The van der Waals surface area contributed by atoms with Crippen LogP contribution in [0.4, 0.5) is 0 Å². The number of Topliss-reactive ketones (excluding diaryl/α,β-unsaturated/α-hetero) is 1. The summed E-state index contributed by atoms with van der Waals surface area (Å²) in [5.41, 5.74) is -1.05. The largest absolute Gasteiger partial charge is 0.456 e. The van der Waals surface area contributed by atoms with Crippen LogP contribution < -0.4 is 0 Å². The molecule has 0 heterocycles. The number of esters is 2. The molecule has 0 fully saturated rings. The van der Waals surface area contributed by atoms with E-state index in [2.05, 4.69) is 11.8 Å². The fourth-order valence-electron chi connectivity index (χ4n) is 2.57. The molecular formula is C22H24O5. The first-order chi connectivity index (χ1) is 12.6. The van der Waals surface area contributed by atoms with Gasteiger partial charge in [-0.25, -0.2) is 4.79 Å². The third-order valence-electron chi connectivity index (χ3n) is 4.00. The molecule has 1 atom stereocenters. The highest BCUT2D eigenvalue weighted by molar-refractivity contribution is 6.18. The molecule has 0 amide bonds. The smallest absolute Gasteiger partial charge is 0.341 e. The highest BCUT2D eigenvalue weighted by Gasteiger charge is 2.40. The SMILES string of the molecule is CC(C)(C)OC(=O)C1=C[C@](C)(C(=O)OCC#Cc2ccccc2)CCC1=O. The van der Waals surface area contributed by atoms with Gasteiger partial charge in [-0.15, -0.1) is 0 Å². The van der Waals surface area contributed by atoms with E-state index < -0.39 is 23.0 Å². The normalized spacial score (nSPS) is 19.4. The number of rotatable bonds is 3. The number of ether oxygens (including phenoxy) is 2. The molecule has 1 aromatic carbocycles. The molecule has 0 saturated heterocycles. The highest BCUT2D eigenvalue weighted by atomic mass is 16.6. The first-order valence-electron chi connectivity index (χ1n) is 8.81. The van der Waals surface area contributed by atoms with Crippen molar-refractivity contribution in [2.24, 2.45) is 5.41 Å². The van der Waals surface area contributed by atoms with Crippen LogP contribution in [0.15, 0.2) is 42.0 Å². The van der Waals surface area contributed by atoms with Crippen LogP contribution in [-0.2, 0) is 23.9 Å². The summed E-state index contributed by atoms with van der Waals surface area (Å²) in [6.45, 7) is 6.75. The van der Waals surface area contributed by atoms with Gasteiger partial charge >= 0.3 is 11.9 Å². The summed E-state index contributed by atoms with van der Waals surface area (Å²) >= 11 is 0. The number of hydrogen-bond acceptors (Lipinski definition) is 5. The topological polar surface area (TPSA) is 69.7 Å². The van der Waals surface area contributed by atoms with Gasteiger partial charge in [0.2, 0.25) is 0 Å². The second-order valence-electron chi connectivity index (χ2n) is 7.64. The van der Waals surface area contributed by atoms with Gasteiger partial charge in [0.25, 0.3) is 0 Å². The monoisotopic (exact) mass is 368 g/mol. The molecule has 0 spiro atoms.